The zero-order valence-electron chi connectivity index (χ0n) is 11.3. The molecule has 3 rings (SSSR count). The first kappa shape index (κ1) is 11.9. The van der Waals surface area contributed by atoms with Gasteiger partial charge in [-0.25, -0.2) is 0 Å². The third-order valence-corrected chi connectivity index (χ3v) is 3.30. The highest BCUT2D eigenvalue weighted by Gasteiger charge is 2.24. The van der Waals surface area contributed by atoms with Crippen molar-refractivity contribution in [3.63, 3.8) is 0 Å². The van der Waals surface area contributed by atoms with Gasteiger partial charge in [-0.1, -0.05) is 39.0 Å². The molecule has 19 heavy (non-hydrogen) atoms. The lowest BCUT2D eigenvalue weighted by Gasteiger charge is -2.15. The van der Waals surface area contributed by atoms with Gasteiger partial charge in [-0.05, 0) is 12.1 Å². The zero-order chi connectivity index (χ0) is 13.6. The first-order valence-corrected chi connectivity index (χ1v) is 6.38. The third kappa shape index (κ3) is 1.91. The number of fused-ring (bicyclic) bond motifs is 3. The Kier molecular flexibility index (Phi) is 2.45. The fraction of sp³-hybridized carbons (Fsp3) is 0.250. The number of pyridine rings is 1. The van der Waals surface area contributed by atoms with Gasteiger partial charge in [-0.2, -0.15) is 0 Å². The van der Waals surface area contributed by atoms with Crippen LogP contribution in [0.3, 0.4) is 0 Å². The molecule has 2 aromatic heterocycles. The highest BCUT2D eigenvalue weighted by molar-refractivity contribution is 6.09. The second-order valence-corrected chi connectivity index (χ2v) is 5.86. The second kappa shape index (κ2) is 3.92. The molecule has 0 saturated carbocycles. The Hall–Kier alpha value is -2.16. The minimum absolute atomic E-state index is 0.0691. The van der Waals surface area contributed by atoms with Crippen LogP contribution in [0.15, 0.2) is 36.5 Å². The lowest BCUT2D eigenvalue weighted by Crippen LogP contribution is -2.21. The van der Waals surface area contributed by atoms with Gasteiger partial charge < -0.3 is 4.98 Å². The fourth-order valence-electron chi connectivity index (χ4n) is 2.26. The molecule has 3 aromatic rings. The summed E-state index contributed by atoms with van der Waals surface area (Å²) >= 11 is 0. The number of aromatic nitrogens is 2. The van der Waals surface area contributed by atoms with Crippen molar-refractivity contribution in [2.24, 2.45) is 5.41 Å². The van der Waals surface area contributed by atoms with E-state index >= 15 is 0 Å². The number of Topliss-reactive ketones (excluding diaryl/α,β-unsaturated/α-hetero) is 1. The Bertz CT molecular complexity index is 778. The topological polar surface area (TPSA) is 45.8 Å². The van der Waals surface area contributed by atoms with Crippen LogP contribution in [0, 0.1) is 5.41 Å². The number of rotatable bonds is 1. The Balaban J connectivity index is 2.25. The Morgan fingerprint density at radius 1 is 1.11 bits per heavy atom. The summed E-state index contributed by atoms with van der Waals surface area (Å²) in [4.78, 5) is 19.9. The molecule has 1 N–H and O–H groups in total. The number of nitrogens with one attached hydrogen (secondary N) is 1. The molecule has 0 aliphatic rings. The number of hydrogen-bond acceptors (Lipinski definition) is 2. The van der Waals surface area contributed by atoms with Crippen molar-refractivity contribution in [2.45, 2.75) is 20.8 Å². The van der Waals surface area contributed by atoms with Crippen molar-refractivity contribution in [2.75, 3.05) is 0 Å². The van der Waals surface area contributed by atoms with Gasteiger partial charge in [-0.15, -0.1) is 0 Å². The van der Waals surface area contributed by atoms with E-state index in [0.29, 0.717) is 5.69 Å². The summed E-state index contributed by atoms with van der Waals surface area (Å²) in [5.41, 5.74) is 2.16. The maximum atomic E-state index is 12.3. The van der Waals surface area contributed by atoms with Gasteiger partial charge >= 0.3 is 0 Å². The minimum Gasteiger partial charge on any atom is -0.353 e. The second-order valence-electron chi connectivity index (χ2n) is 5.86. The summed E-state index contributed by atoms with van der Waals surface area (Å²) in [6.07, 6.45) is 1.74. The van der Waals surface area contributed by atoms with E-state index in [1.54, 1.807) is 6.20 Å². The molecule has 0 unspecified atom stereocenters. The first-order valence-electron chi connectivity index (χ1n) is 6.38. The van der Waals surface area contributed by atoms with Crippen molar-refractivity contribution < 1.29 is 4.79 Å². The van der Waals surface area contributed by atoms with Gasteiger partial charge in [-0.3, -0.25) is 9.78 Å². The van der Waals surface area contributed by atoms with Crippen LogP contribution in [0.2, 0.25) is 0 Å². The SMILES string of the molecule is CC(C)(C)C(=O)c1cc2c(cn1)[nH]c1ccccc12. The number of carbonyl (C=O) groups is 1. The molecule has 0 spiro atoms. The van der Waals surface area contributed by atoms with Gasteiger partial charge in [0, 0.05) is 21.7 Å². The quantitative estimate of drug-likeness (QED) is 0.667. The Labute approximate surface area is 111 Å². The summed E-state index contributed by atoms with van der Waals surface area (Å²) in [6.45, 7) is 5.74. The van der Waals surface area contributed by atoms with E-state index in [1.165, 1.54) is 0 Å². The third-order valence-electron chi connectivity index (χ3n) is 3.30. The smallest absolute Gasteiger partial charge is 0.186 e. The molecule has 0 aliphatic heterocycles. The molecule has 1 aromatic carbocycles. The average molecular weight is 252 g/mol. The number of hydrogen-bond donors (Lipinski definition) is 1. The molecule has 96 valence electrons. The lowest BCUT2D eigenvalue weighted by atomic mass is 9.88. The predicted molar refractivity (Wildman–Crippen MR) is 77.4 cm³/mol. The van der Waals surface area contributed by atoms with E-state index in [4.69, 9.17) is 0 Å². The maximum absolute atomic E-state index is 12.3. The summed E-state index contributed by atoms with van der Waals surface area (Å²) in [7, 11) is 0. The van der Waals surface area contributed by atoms with Crippen molar-refractivity contribution in [3.8, 4) is 0 Å². The predicted octanol–water partition coefficient (Wildman–Crippen LogP) is 3.94. The number of carbonyl (C=O) groups excluding carboxylic acids is 1. The first-order chi connectivity index (χ1) is 8.97. The van der Waals surface area contributed by atoms with E-state index in [-0.39, 0.29) is 5.78 Å². The highest BCUT2D eigenvalue weighted by atomic mass is 16.1. The van der Waals surface area contributed by atoms with E-state index in [9.17, 15) is 4.79 Å². The monoisotopic (exact) mass is 252 g/mol. The number of para-hydroxylation sites is 1. The molecule has 0 radical (unpaired) electrons. The van der Waals surface area contributed by atoms with Crippen LogP contribution < -0.4 is 0 Å². The van der Waals surface area contributed by atoms with Crippen LogP contribution in [0.25, 0.3) is 21.8 Å². The molecule has 0 bridgehead atoms. The lowest BCUT2D eigenvalue weighted by molar-refractivity contribution is 0.0853. The maximum Gasteiger partial charge on any atom is 0.186 e. The van der Waals surface area contributed by atoms with Crippen LogP contribution in [0.5, 0.6) is 0 Å². The molecular formula is C16H16N2O. The van der Waals surface area contributed by atoms with Crippen LogP contribution in [-0.2, 0) is 0 Å². The van der Waals surface area contributed by atoms with Gasteiger partial charge in [0.2, 0.25) is 0 Å². The molecule has 2 heterocycles. The molecule has 0 aliphatic carbocycles. The van der Waals surface area contributed by atoms with Crippen molar-refractivity contribution >= 4 is 27.6 Å². The minimum atomic E-state index is -0.410. The molecule has 0 amide bonds. The number of benzene rings is 1. The van der Waals surface area contributed by atoms with Crippen LogP contribution in [0.1, 0.15) is 31.3 Å². The summed E-state index contributed by atoms with van der Waals surface area (Å²) in [5.74, 6) is 0.0691. The van der Waals surface area contributed by atoms with Gasteiger partial charge in [0.05, 0.1) is 11.7 Å². The number of aromatic amines is 1. The Morgan fingerprint density at radius 3 is 2.58 bits per heavy atom. The molecule has 0 fully saturated rings. The number of nitrogens with zero attached hydrogens (tertiary/aromatic N) is 1. The van der Waals surface area contributed by atoms with E-state index in [2.05, 4.69) is 16.0 Å². The number of ketones is 1. The summed E-state index contributed by atoms with van der Waals surface area (Å²) in [6, 6.07) is 9.97. The van der Waals surface area contributed by atoms with Crippen LogP contribution in [0.4, 0.5) is 0 Å². The van der Waals surface area contributed by atoms with Crippen LogP contribution >= 0.6 is 0 Å². The van der Waals surface area contributed by atoms with Crippen molar-refractivity contribution in [1.82, 2.24) is 9.97 Å². The summed E-state index contributed by atoms with van der Waals surface area (Å²) in [5, 5.41) is 2.18. The summed E-state index contributed by atoms with van der Waals surface area (Å²) < 4.78 is 0. The van der Waals surface area contributed by atoms with Crippen molar-refractivity contribution in [3.05, 3.63) is 42.2 Å². The molecule has 0 atom stereocenters. The fourth-order valence-corrected chi connectivity index (χ4v) is 2.26. The molecule has 3 nitrogen and oxygen atoms in total. The standard InChI is InChI=1S/C16H16N2O/c1-16(2,3)15(19)13-8-11-10-6-4-5-7-12(10)18-14(11)9-17-13/h4-9,18H,1-3H3. The van der Waals surface area contributed by atoms with E-state index < -0.39 is 5.41 Å². The zero-order valence-corrected chi connectivity index (χ0v) is 11.3. The van der Waals surface area contributed by atoms with E-state index in [1.807, 2.05) is 45.0 Å². The number of H-pyrrole nitrogens is 1. The largest absolute Gasteiger partial charge is 0.353 e. The van der Waals surface area contributed by atoms with E-state index in [0.717, 1.165) is 21.8 Å². The normalized spacial score (nSPS) is 12.2. The Morgan fingerprint density at radius 2 is 1.84 bits per heavy atom. The van der Waals surface area contributed by atoms with Gasteiger partial charge in [0.15, 0.2) is 5.78 Å². The molecule has 0 saturated heterocycles. The van der Waals surface area contributed by atoms with Crippen LogP contribution in [-0.4, -0.2) is 15.8 Å². The van der Waals surface area contributed by atoms with Gasteiger partial charge in [0.25, 0.3) is 0 Å². The van der Waals surface area contributed by atoms with Gasteiger partial charge in [0.1, 0.15) is 5.69 Å². The molecule has 3 heteroatoms. The molecular weight excluding hydrogens is 236 g/mol. The average Bonchev–Trinajstić information content (AvgIpc) is 2.74. The van der Waals surface area contributed by atoms with Crippen molar-refractivity contribution in [1.29, 1.82) is 0 Å². The highest BCUT2D eigenvalue weighted by Crippen LogP contribution is 2.27.